The average Bonchev–Trinajstić information content (AvgIpc) is 2.04. The Kier molecular flexibility index (Phi) is 2.51. The lowest BCUT2D eigenvalue weighted by atomic mass is 10.4. The van der Waals surface area contributed by atoms with Crippen molar-refractivity contribution in [1.29, 1.82) is 0 Å². The number of hydrogen-bond donors (Lipinski definition) is 2. The van der Waals surface area contributed by atoms with Crippen LogP contribution in [0.25, 0.3) is 0 Å². The normalized spacial score (nSPS) is 9.36. The van der Waals surface area contributed by atoms with Gasteiger partial charge in [-0.05, 0) is 0 Å². The molecular weight excluding hydrogens is 166 g/mol. The number of rotatable bonds is 2. The fourth-order valence-corrected chi connectivity index (χ4v) is 0.877. The Labute approximate surface area is 69.3 Å². The average molecular weight is 174 g/mol. The van der Waals surface area contributed by atoms with Gasteiger partial charge >= 0.3 is 0 Å². The predicted octanol–water partition coefficient (Wildman–Crippen LogP) is 1.03. The second kappa shape index (κ2) is 3.41. The minimum atomic E-state index is 0.482. The minimum Gasteiger partial charge on any atom is -0.494 e. The fourth-order valence-electron chi connectivity index (χ4n) is 0.647. The van der Waals surface area contributed by atoms with Crippen LogP contribution in [0.4, 0.5) is 5.82 Å². The smallest absolute Gasteiger partial charge is 0.155 e. The summed E-state index contributed by atoms with van der Waals surface area (Å²) < 4.78 is 4.88. The summed E-state index contributed by atoms with van der Waals surface area (Å²) in [6, 6.07) is 1.58. The summed E-state index contributed by atoms with van der Waals surface area (Å²) >= 11 is 5.75. The molecule has 0 bridgehead atoms. The van der Waals surface area contributed by atoms with Crippen molar-refractivity contribution in [2.24, 2.45) is 5.84 Å². The molecule has 1 aromatic rings. The van der Waals surface area contributed by atoms with Crippen LogP contribution in [0.3, 0.4) is 0 Å². The van der Waals surface area contributed by atoms with E-state index in [-0.39, 0.29) is 0 Å². The molecule has 1 rings (SSSR count). The van der Waals surface area contributed by atoms with E-state index in [2.05, 4.69) is 10.4 Å². The molecule has 0 radical (unpaired) electrons. The first-order valence-electron chi connectivity index (χ1n) is 2.94. The van der Waals surface area contributed by atoms with Crippen LogP contribution in [0.15, 0.2) is 12.3 Å². The van der Waals surface area contributed by atoms with Crippen molar-refractivity contribution in [2.45, 2.75) is 0 Å². The van der Waals surface area contributed by atoms with Crippen LogP contribution in [0, 0.1) is 0 Å². The maximum atomic E-state index is 5.75. The topological polar surface area (TPSA) is 60.2 Å². The highest BCUT2D eigenvalue weighted by Crippen LogP contribution is 2.24. The molecule has 1 aromatic heterocycles. The predicted molar refractivity (Wildman–Crippen MR) is 43.6 cm³/mol. The van der Waals surface area contributed by atoms with Gasteiger partial charge in [-0.15, -0.1) is 0 Å². The van der Waals surface area contributed by atoms with Gasteiger partial charge in [0.15, 0.2) is 5.75 Å². The molecule has 5 heteroatoms. The Morgan fingerprint density at radius 2 is 2.45 bits per heavy atom. The molecule has 11 heavy (non-hydrogen) atoms. The van der Waals surface area contributed by atoms with Gasteiger partial charge in [-0.1, -0.05) is 11.6 Å². The molecule has 0 aliphatic rings. The third-order valence-corrected chi connectivity index (χ3v) is 1.48. The van der Waals surface area contributed by atoms with Crippen molar-refractivity contribution in [2.75, 3.05) is 12.5 Å². The van der Waals surface area contributed by atoms with E-state index in [1.807, 2.05) is 0 Å². The number of methoxy groups -OCH3 is 1. The minimum absolute atomic E-state index is 0.482. The van der Waals surface area contributed by atoms with Gasteiger partial charge in [0.05, 0.1) is 18.3 Å². The van der Waals surface area contributed by atoms with E-state index in [1.54, 1.807) is 6.07 Å². The van der Waals surface area contributed by atoms with Crippen LogP contribution in [-0.4, -0.2) is 12.1 Å². The molecule has 0 aliphatic carbocycles. The number of aromatic nitrogens is 1. The molecule has 3 N–H and O–H groups in total. The van der Waals surface area contributed by atoms with Gasteiger partial charge in [0, 0.05) is 6.07 Å². The first-order valence-corrected chi connectivity index (χ1v) is 3.32. The van der Waals surface area contributed by atoms with E-state index in [1.165, 1.54) is 13.3 Å². The second-order valence-electron chi connectivity index (χ2n) is 1.85. The van der Waals surface area contributed by atoms with Gasteiger partial charge in [0.2, 0.25) is 0 Å². The third-order valence-electron chi connectivity index (χ3n) is 1.19. The Morgan fingerprint density at radius 1 is 1.73 bits per heavy atom. The summed E-state index contributed by atoms with van der Waals surface area (Å²) in [6.07, 6.45) is 1.50. The Balaban J connectivity index is 2.99. The fraction of sp³-hybridized carbons (Fsp3) is 0.167. The molecule has 0 aromatic carbocycles. The second-order valence-corrected chi connectivity index (χ2v) is 2.26. The summed E-state index contributed by atoms with van der Waals surface area (Å²) in [5, 5.41) is 0.482. The molecule has 0 unspecified atom stereocenters. The van der Waals surface area contributed by atoms with Gasteiger partial charge in [0.25, 0.3) is 0 Å². The van der Waals surface area contributed by atoms with Gasteiger partial charge in [0.1, 0.15) is 5.82 Å². The highest BCUT2D eigenvalue weighted by atomic mass is 35.5. The highest BCUT2D eigenvalue weighted by molar-refractivity contribution is 6.32. The first-order chi connectivity index (χ1) is 5.27. The van der Waals surface area contributed by atoms with Crippen molar-refractivity contribution in [3.63, 3.8) is 0 Å². The number of hydrogen-bond acceptors (Lipinski definition) is 4. The van der Waals surface area contributed by atoms with Gasteiger partial charge in [-0.25, -0.2) is 10.8 Å². The SMILES string of the molecule is COc1cnc(NN)cc1Cl. The van der Waals surface area contributed by atoms with Crippen LogP contribution in [0.2, 0.25) is 5.02 Å². The van der Waals surface area contributed by atoms with Crippen LogP contribution in [0.1, 0.15) is 0 Å². The zero-order valence-corrected chi connectivity index (χ0v) is 6.72. The molecule has 1 heterocycles. The Morgan fingerprint density at radius 3 is 2.91 bits per heavy atom. The number of nitrogens with zero attached hydrogens (tertiary/aromatic N) is 1. The largest absolute Gasteiger partial charge is 0.494 e. The lowest BCUT2D eigenvalue weighted by Gasteiger charge is -2.03. The maximum Gasteiger partial charge on any atom is 0.155 e. The number of hydrazine groups is 1. The molecule has 0 spiro atoms. The third kappa shape index (κ3) is 1.72. The lowest BCUT2D eigenvalue weighted by molar-refractivity contribution is 0.413. The molecule has 0 atom stereocenters. The molecule has 0 amide bonds. The standard InChI is InChI=1S/C6H8ClN3O/c1-11-5-3-9-6(10-8)2-4(5)7/h2-3H,8H2,1H3,(H,9,10). The van der Waals surface area contributed by atoms with Gasteiger partial charge < -0.3 is 10.2 Å². The van der Waals surface area contributed by atoms with Crippen LogP contribution >= 0.6 is 11.6 Å². The lowest BCUT2D eigenvalue weighted by Crippen LogP contribution is -2.08. The summed E-state index contributed by atoms with van der Waals surface area (Å²) in [4.78, 5) is 3.88. The monoisotopic (exact) mass is 173 g/mol. The molecule has 60 valence electrons. The highest BCUT2D eigenvalue weighted by Gasteiger charge is 2.00. The number of pyridine rings is 1. The molecule has 0 saturated carbocycles. The van der Waals surface area contributed by atoms with Crippen LogP contribution in [-0.2, 0) is 0 Å². The number of halogens is 1. The Hall–Kier alpha value is -1.00. The van der Waals surface area contributed by atoms with Crippen molar-refractivity contribution < 1.29 is 4.74 Å². The molecule has 4 nitrogen and oxygen atoms in total. The number of ether oxygens (including phenoxy) is 1. The zero-order valence-electron chi connectivity index (χ0n) is 5.97. The molecule has 0 saturated heterocycles. The number of nitrogen functional groups attached to an aromatic ring is 1. The summed E-state index contributed by atoms with van der Waals surface area (Å²) in [6.45, 7) is 0. The summed E-state index contributed by atoms with van der Waals surface area (Å²) in [5.41, 5.74) is 2.37. The van der Waals surface area contributed by atoms with E-state index < -0.39 is 0 Å². The number of anilines is 1. The Bertz CT molecular complexity index is 254. The first kappa shape index (κ1) is 8.10. The van der Waals surface area contributed by atoms with E-state index in [4.69, 9.17) is 22.2 Å². The quantitative estimate of drug-likeness (QED) is 0.518. The van der Waals surface area contributed by atoms with E-state index >= 15 is 0 Å². The van der Waals surface area contributed by atoms with Crippen molar-refractivity contribution >= 4 is 17.4 Å². The number of nitrogens with two attached hydrogens (primary N) is 1. The van der Waals surface area contributed by atoms with Crippen molar-refractivity contribution in [1.82, 2.24) is 4.98 Å². The molecule has 0 aliphatic heterocycles. The zero-order chi connectivity index (χ0) is 8.27. The molecule has 0 fully saturated rings. The molecular formula is C6H8ClN3O. The van der Waals surface area contributed by atoms with Crippen molar-refractivity contribution in [3.8, 4) is 5.75 Å². The van der Waals surface area contributed by atoms with E-state index in [9.17, 15) is 0 Å². The summed E-state index contributed by atoms with van der Waals surface area (Å²) in [5.74, 6) is 6.14. The summed E-state index contributed by atoms with van der Waals surface area (Å²) in [7, 11) is 1.53. The van der Waals surface area contributed by atoms with Crippen LogP contribution < -0.4 is 16.0 Å². The van der Waals surface area contributed by atoms with Crippen molar-refractivity contribution in [3.05, 3.63) is 17.3 Å². The van der Waals surface area contributed by atoms with Gasteiger partial charge in [-0.2, -0.15) is 0 Å². The van der Waals surface area contributed by atoms with Gasteiger partial charge in [-0.3, -0.25) is 0 Å². The maximum absolute atomic E-state index is 5.75. The van der Waals surface area contributed by atoms with E-state index in [0.29, 0.717) is 16.6 Å². The number of nitrogens with one attached hydrogen (secondary N) is 1. The van der Waals surface area contributed by atoms with E-state index in [0.717, 1.165) is 0 Å². The van der Waals surface area contributed by atoms with Crippen LogP contribution in [0.5, 0.6) is 5.75 Å².